The summed E-state index contributed by atoms with van der Waals surface area (Å²) >= 11 is 8.02. The van der Waals surface area contributed by atoms with E-state index in [1.165, 1.54) is 18.2 Å². The van der Waals surface area contributed by atoms with Gasteiger partial charge in [-0.05, 0) is 47.2 Å². The first-order chi connectivity index (χ1) is 9.90. The number of nitrogens with one attached hydrogen (secondary N) is 1. The fourth-order valence-electron chi connectivity index (χ4n) is 1.77. The zero-order chi connectivity index (χ0) is 15.6. The lowest BCUT2D eigenvalue weighted by molar-refractivity contribution is -0.384. The summed E-state index contributed by atoms with van der Waals surface area (Å²) < 4.78 is 0.625. The van der Waals surface area contributed by atoms with Gasteiger partial charge in [0.2, 0.25) is 0 Å². The Morgan fingerprint density at radius 1 is 1.33 bits per heavy atom. The van der Waals surface area contributed by atoms with Crippen LogP contribution in [0.15, 0.2) is 36.4 Å². The number of carbonyl (C=O) groups is 1. The van der Waals surface area contributed by atoms with Gasteiger partial charge in [0.1, 0.15) is 0 Å². The minimum Gasteiger partial charge on any atom is -0.320 e. The van der Waals surface area contributed by atoms with Gasteiger partial charge < -0.3 is 5.32 Å². The molecule has 0 bridgehead atoms. The summed E-state index contributed by atoms with van der Waals surface area (Å²) in [6, 6.07) is 9.42. The number of anilines is 1. The Morgan fingerprint density at radius 3 is 2.67 bits per heavy atom. The molecule has 2 rings (SSSR count). The van der Waals surface area contributed by atoms with Gasteiger partial charge in [0.15, 0.2) is 0 Å². The zero-order valence-electron chi connectivity index (χ0n) is 10.9. The van der Waals surface area contributed by atoms with E-state index in [1.54, 1.807) is 12.1 Å². The van der Waals surface area contributed by atoms with Crippen LogP contribution in [0.2, 0.25) is 5.02 Å². The third-order valence-electron chi connectivity index (χ3n) is 2.87. The number of nitro benzene ring substituents is 1. The normalized spacial score (nSPS) is 10.2. The van der Waals surface area contributed by atoms with Crippen molar-refractivity contribution in [1.82, 2.24) is 0 Å². The molecule has 0 atom stereocenters. The van der Waals surface area contributed by atoms with E-state index >= 15 is 0 Å². The Kier molecular flexibility index (Phi) is 4.79. The molecule has 0 unspecified atom stereocenters. The first-order valence-corrected chi connectivity index (χ1v) is 7.36. The fourth-order valence-corrected chi connectivity index (χ4v) is 2.62. The first-order valence-electron chi connectivity index (χ1n) is 5.90. The topological polar surface area (TPSA) is 72.2 Å². The molecule has 0 heterocycles. The summed E-state index contributed by atoms with van der Waals surface area (Å²) in [5.41, 5.74) is 1.43. The van der Waals surface area contributed by atoms with Gasteiger partial charge in [-0.25, -0.2) is 0 Å². The molecule has 7 heteroatoms. The number of nitro groups is 1. The Bertz CT molecular complexity index is 714. The Morgan fingerprint density at radius 2 is 2.05 bits per heavy atom. The first kappa shape index (κ1) is 15.7. The van der Waals surface area contributed by atoms with Crippen LogP contribution in [0.3, 0.4) is 0 Å². The predicted octanol–water partition coefficient (Wildman–Crippen LogP) is 4.41. The molecule has 5 nitrogen and oxygen atoms in total. The van der Waals surface area contributed by atoms with Crippen LogP contribution in [0, 0.1) is 20.6 Å². The molecule has 0 saturated heterocycles. The van der Waals surface area contributed by atoms with E-state index in [9.17, 15) is 14.9 Å². The van der Waals surface area contributed by atoms with E-state index in [1.807, 2.05) is 35.6 Å². The van der Waals surface area contributed by atoms with Gasteiger partial charge in [0, 0.05) is 15.7 Å². The summed E-state index contributed by atoms with van der Waals surface area (Å²) in [6.07, 6.45) is 0. The van der Waals surface area contributed by atoms with Crippen LogP contribution < -0.4 is 5.32 Å². The third kappa shape index (κ3) is 3.51. The fraction of sp³-hybridized carbons (Fsp3) is 0.0714. The van der Waals surface area contributed by atoms with E-state index in [-0.39, 0.29) is 11.3 Å². The Hall–Kier alpha value is -1.67. The number of amides is 1. The smallest absolute Gasteiger partial charge is 0.270 e. The number of carbonyl (C=O) groups excluding carboxylic acids is 1. The molecule has 21 heavy (non-hydrogen) atoms. The summed E-state index contributed by atoms with van der Waals surface area (Å²) in [5, 5.41) is 13.9. The molecule has 0 fully saturated rings. The standard InChI is InChI=1S/C14H10ClIN2O3/c1-8-3-2-4-11(15)13(8)17-14(19)10-7-9(18(20)21)5-6-12(10)16/h2-7H,1H3,(H,17,19). The highest BCUT2D eigenvalue weighted by molar-refractivity contribution is 14.1. The largest absolute Gasteiger partial charge is 0.320 e. The molecular formula is C14H10ClIN2O3. The average molecular weight is 417 g/mol. The van der Waals surface area contributed by atoms with Crippen LogP contribution >= 0.6 is 34.2 Å². The van der Waals surface area contributed by atoms with E-state index < -0.39 is 10.8 Å². The number of aryl methyl sites for hydroxylation is 1. The molecule has 2 aromatic rings. The van der Waals surface area contributed by atoms with Gasteiger partial charge in [-0.1, -0.05) is 23.7 Å². The average Bonchev–Trinajstić information content (AvgIpc) is 2.43. The van der Waals surface area contributed by atoms with E-state index in [2.05, 4.69) is 5.32 Å². The maximum Gasteiger partial charge on any atom is 0.270 e. The van der Waals surface area contributed by atoms with Crippen LogP contribution in [-0.4, -0.2) is 10.8 Å². The molecule has 1 amide bonds. The highest BCUT2D eigenvalue weighted by Crippen LogP contribution is 2.27. The maximum atomic E-state index is 12.3. The van der Waals surface area contributed by atoms with Gasteiger partial charge in [0.25, 0.3) is 11.6 Å². The predicted molar refractivity (Wildman–Crippen MR) is 90.0 cm³/mol. The number of hydrogen-bond acceptors (Lipinski definition) is 3. The molecule has 1 N–H and O–H groups in total. The van der Waals surface area contributed by atoms with Crippen LogP contribution in [0.4, 0.5) is 11.4 Å². The molecule has 0 aromatic heterocycles. The van der Waals surface area contributed by atoms with Crippen LogP contribution in [-0.2, 0) is 0 Å². The molecule has 0 saturated carbocycles. The second kappa shape index (κ2) is 6.40. The Labute approximate surface area is 139 Å². The molecule has 0 aliphatic heterocycles. The van der Waals surface area contributed by atoms with Crippen LogP contribution in [0.5, 0.6) is 0 Å². The quantitative estimate of drug-likeness (QED) is 0.457. The number of halogens is 2. The number of benzene rings is 2. The maximum absolute atomic E-state index is 12.3. The third-order valence-corrected chi connectivity index (χ3v) is 4.12. The van der Waals surface area contributed by atoms with Gasteiger partial charge in [-0.3, -0.25) is 14.9 Å². The van der Waals surface area contributed by atoms with Crippen molar-refractivity contribution in [2.24, 2.45) is 0 Å². The lowest BCUT2D eigenvalue weighted by Crippen LogP contribution is -2.15. The second-order valence-corrected chi connectivity index (χ2v) is 5.88. The molecule has 0 aliphatic carbocycles. The molecule has 0 radical (unpaired) electrons. The number of hydrogen-bond donors (Lipinski definition) is 1. The minimum absolute atomic E-state index is 0.128. The van der Waals surface area contributed by atoms with Gasteiger partial charge in [-0.2, -0.15) is 0 Å². The van der Waals surface area contributed by atoms with Crippen molar-refractivity contribution in [3.8, 4) is 0 Å². The Balaban J connectivity index is 2.37. The molecular weight excluding hydrogens is 407 g/mol. The van der Waals surface area contributed by atoms with Crippen molar-refractivity contribution in [2.45, 2.75) is 6.92 Å². The number of nitrogens with zero attached hydrogens (tertiary/aromatic N) is 1. The van der Waals surface area contributed by atoms with Crippen molar-refractivity contribution >= 4 is 51.5 Å². The highest BCUT2D eigenvalue weighted by Gasteiger charge is 2.17. The summed E-state index contributed by atoms with van der Waals surface area (Å²) in [5.74, 6) is -0.431. The monoisotopic (exact) mass is 416 g/mol. The summed E-state index contributed by atoms with van der Waals surface area (Å²) in [4.78, 5) is 22.6. The minimum atomic E-state index is -0.534. The van der Waals surface area contributed by atoms with E-state index in [0.717, 1.165) is 5.56 Å². The second-order valence-electron chi connectivity index (χ2n) is 4.31. The van der Waals surface area contributed by atoms with Crippen molar-refractivity contribution in [3.63, 3.8) is 0 Å². The molecule has 0 spiro atoms. The summed E-state index contributed by atoms with van der Waals surface area (Å²) in [7, 11) is 0. The lowest BCUT2D eigenvalue weighted by atomic mass is 10.1. The van der Waals surface area contributed by atoms with Gasteiger partial charge in [0.05, 0.1) is 21.2 Å². The van der Waals surface area contributed by atoms with Gasteiger partial charge >= 0.3 is 0 Å². The number of non-ortho nitro benzene ring substituents is 1. The zero-order valence-corrected chi connectivity index (χ0v) is 13.8. The van der Waals surface area contributed by atoms with Crippen LogP contribution in [0.1, 0.15) is 15.9 Å². The SMILES string of the molecule is Cc1cccc(Cl)c1NC(=O)c1cc([N+](=O)[O-])ccc1I. The van der Waals surface area contributed by atoms with Crippen LogP contribution in [0.25, 0.3) is 0 Å². The molecule has 0 aliphatic rings. The van der Waals surface area contributed by atoms with Gasteiger partial charge in [-0.15, -0.1) is 0 Å². The van der Waals surface area contributed by atoms with Crippen molar-refractivity contribution in [1.29, 1.82) is 0 Å². The van der Waals surface area contributed by atoms with Crippen molar-refractivity contribution in [3.05, 3.63) is 66.2 Å². The summed E-state index contributed by atoms with van der Waals surface area (Å²) in [6.45, 7) is 1.82. The van der Waals surface area contributed by atoms with Crippen molar-refractivity contribution in [2.75, 3.05) is 5.32 Å². The van der Waals surface area contributed by atoms with E-state index in [0.29, 0.717) is 14.3 Å². The van der Waals surface area contributed by atoms with Crippen molar-refractivity contribution < 1.29 is 9.72 Å². The molecule has 2 aromatic carbocycles. The van der Waals surface area contributed by atoms with E-state index in [4.69, 9.17) is 11.6 Å². The number of para-hydroxylation sites is 1. The lowest BCUT2D eigenvalue weighted by Gasteiger charge is -2.11. The number of rotatable bonds is 3. The highest BCUT2D eigenvalue weighted by atomic mass is 127. The molecule has 108 valence electrons.